The topological polar surface area (TPSA) is 106 Å². The SMILES string of the molecule is CO[C@@H]1O[C@H](CO[Si](C)(C)C(C)(C)C)[C@@H](O)[C@H](OCc2ccccc2)[C@H]1N=[N+]=[N-]. The molecule has 0 spiro atoms. The van der Waals surface area contributed by atoms with Crippen LogP contribution in [-0.2, 0) is 25.2 Å². The maximum absolute atomic E-state index is 11.0. The number of aliphatic hydroxyl groups excluding tert-OH is 1. The van der Waals surface area contributed by atoms with Gasteiger partial charge in [0.05, 0.1) is 19.3 Å². The second-order valence-electron chi connectivity index (χ2n) is 8.80. The van der Waals surface area contributed by atoms with E-state index < -0.39 is 39.0 Å². The predicted octanol–water partition coefficient (Wildman–Crippen LogP) is 4.00. The van der Waals surface area contributed by atoms with Gasteiger partial charge in [-0.05, 0) is 29.2 Å². The Kier molecular flexibility index (Phi) is 8.25. The maximum Gasteiger partial charge on any atom is 0.192 e. The summed E-state index contributed by atoms with van der Waals surface area (Å²) in [6.07, 6.45) is -3.29. The highest BCUT2D eigenvalue weighted by Gasteiger charge is 2.47. The van der Waals surface area contributed by atoms with Crippen molar-refractivity contribution in [3.05, 3.63) is 46.3 Å². The van der Waals surface area contributed by atoms with Gasteiger partial charge in [0.25, 0.3) is 0 Å². The second kappa shape index (κ2) is 10.0. The molecule has 0 amide bonds. The molecule has 29 heavy (non-hydrogen) atoms. The lowest BCUT2D eigenvalue weighted by Gasteiger charge is -2.44. The van der Waals surface area contributed by atoms with Crippen LogP contribution in [0.4, 0.5) is 0 Å². The van der Waals surface area contributed by atoms with Crippen molar-refractivity contribution in [3.8, 4) is 0 Å². The highest BCUT2D eigenvalue weighted by Crippen LogP contribution is 2.37. The van der Waals surface area contributed by atoms with Gasteiger partial charge in [-0.2, -0.15) is 0 Å². The molecule has 9 heteroatoms. The first-order valence-electron chi connectivity index (χ1n) is 9.80. The molecule has 1 saturated heterocycles. The molecule has 0 radical (unpaired) electrons. The van der Waals surface area contributed by atoms with Crippen LogP contribution in [0.25, 0.3) is 10.4 Å². The lowest BCUT2D eigenvalue weighted by Crippen LogP contribution is -2.60. The van der Waals surface area contributed by atoms with Crippen LogP contribution in [0.5, 0.6) is 0 Å². The van der Waals surface area contributed by atoms with Crippen LogP contribution in [0.3, 0.4) is 0 Å². The first-order chi connectivity index (χ1) is 13.6. The molecular formula is C20H33N3O5Si. The Balaban J connectivity index is 2.16. The molecule has 0 saturated carbocycles. The average molecular weight is 424 g/mol. The van der Waals surface area contributed by atoms with Crippen molar-refractivity contribution in [1.29, 1.82) is 0 Å². The van der Waals surface area contributed by atoms with Crippen LogP contribution in [0.1, 0.15) is 26.3 Å². The summed E-state index contributed by atoms with van der Waals surface area (Å²) < 4.78 is 23.5. The Morgan fingerprint density at radius 3 is 2.45 bits per heavy atom. The summed E-state index contributed by atoms with van der Waals surface area (Å²) in [6, 6.07) is 8.80. The number of benzene rings is 1. The van der Waals surface area contributed by atoms with Crippen LogP contribution < -0.4 is 0 Å². The van der Waals surface area contributed by atoms with Gasteiger partial charge >= 0.3 is 0 Å². The molecule has 1 aliphatic rings. The molecule has 1 aromatic carbocycles. The number of hydrogen-bond donors (Lipinski definition) is 1. The molecule has 1 N–H and O–H groups in total. The van der Waals surface area contributed by atoms with Crippen molar-refractivity contribution < 1.29 is 23.7 Å². The van der Waals surface area contributed by atoms with Gasteiger partial charge in [-0.25, -0.2) is 0 Å². The summed E-state index contributed by atoms with van der Waals surface area (Å²) in [7, 11) is -0.556. The van der Waals surface area contributed by atoms with Gasteiger partial charge < -0.3 is 23.7 Å². The summed E-state index contributed by atoms with van der Waals surface area (Å²) in [6.45, 7) is 11.2. The molecule has 1 aliphatic heterocycles. The molecule has 5 atom stereocenters. The smallest absolute Gasteiger partial charge is 0.192 e. The first-order valence-corrected chi connectivity index (χ1v) is 12.7. The molecule has 0 aromatic heterocycles. The van der Waals surface area contributed by atoms with Crippen molar-refractivity contribution in [2.45, 2.75) is 76.2 Å². The molecule has 0 unspecified atom stereocenters. The summed E-state index contributed by atoms with van der Waals surface area (Å²) >= 11 is 0. The minimum absolute atomic E-state index is 0.0319. The molecule has 0 aliphatic carbocycles. The van der Waals surface area contributed by atoms with Crippen LogP contribution in [0.15, 0.2) is 35.4 Å². The number of hydrogen-bond acceptors (Lipinski definition) is 6. The Bertz CT molecular complexity index is 691. The Hall–Kier alpha value is -1.45. The zero-order valence-electron chi connectivity index (χ0n) is 18.1. The molecule has 2 rings (SSSR count). The van der Waals surface area contributed by atoms with Crippen molar-refractivity contribution >= 4 is 8.32 Å². The number of nitrogens with zero attached hydrogens (tertiary/aromatic N) is 3. The van der Waals surface area contributed by atoms with E-state index in [0.29, 0.717) is 0 Å². The monoisotopic (exact) mass is 423 g/mol. The summed E-state index contributed by atoms with van der Waals surface area (Å²) in [5.74, 6) is 0. The molecule has 0 bridgehead atoms. The minimum atomic E-state index is -2.03. The first kappa shape index (κ1) is 23.8. The average Bonchev–Trinajstić information content (AvgIpc) is 2.67. The molecular weight excluding hydrogens is 390 g/mol. The van der Waals surface area contributed by atoms with Crippen molar-refractivity contribution in [2.24, 2.45) is 5.11 Å². The molecule has 162 valence electrons. The lowest BCUT2D eigenvalue weighted by atomic mass is 9.97. The number of methoxy groups -OCH3 is 1. The van der Waals surface area contributed by atoms with Crippen molar-refractivity contribution in [2.75, 3.05) is 13.7 Å². The van der Waals surface area contributed by atoms with Crippen molar-refractivity contribution in [1.82, 2.24) is 0 Å². The number of rotatable bonds is 8. The Morgan fingerprint density at radius 1 is 1.24 bits per heavy atom. The molecule has 8 nitrogen and oxygen atoms in total. The van der Waals surface area contributed by atoms with Gasteiger partial charge in [-0.3, -0.25) is 0 Å². The minimum Gasteiger partial charge on any atom is -0.414 e. The van der Waals surface area contributed by atoms with Gasteiger partial charge in [0, 0.05) is 12.0 Å². The fraction of sp³-hybridized carbons (Fsp3) is 0.700. The summed E-state index contributed by atoms with van der Waals surface area (Å²) in [5.41, 5.74) is 9.93. The second-order valence-corrected chi connectivity index (χ2v) is 13.6. The van der Waals surface area contributed by atoms with E-state index in [4.69, 9.17) is 24.2 Å². The van der Waals surface area contributed by atoms with E-state index in [-0.39, 0.29) is 18.3 Å². The van der Waals surface area contributed by atoms with E-state index in [9.17, 15) is 5.11 Å². The van der Waals surface area contributed by atoms with Gasteiger partial charge in [0.1, 0.15) is 18.2 Å². The van der Waals surface area contributed by atoms with Gasteiger partial charge in [0.15, 0.2) is 14.6 Å². The van der Waals surface area contributed by atoms with Gasteiger partial charge in [-0.1, -0.05) is 56.2 Å². The molecule has 1 fully saturated rings. The van der Waals surface area contributed by atoms with Crippen LogP contribution in [0, 0.1) is 0 Å². The lowest BCUT2D eigenvalue weighted by molar-refractivity contribution is -0.266. The molecule has 1 heterocycles. The summed E-state index contributed by atoms with van der Waals surface area (Å²) in [4.78, 5) is 2.89. The quantitative estimate of drug-likeness (QED) is 0.294. The van der Waals surface area contributed by atoms with Gasteiger partial charge in [-0.15, -0.1) is 0 Å². The van der Waals surface area contributed by atoms with Gasteiger partial charge in [0.2, 0.25) is 0 Å². The van der Waals surface area contributed by atoms with Crippen LogP contribution in [0.2, 0.25) is 18.1 Å². The Morgan fingerprint density at radius 2 is 1.90 bits per heavy atom. The number of ether oxygens (including phenoxy) is 3. The van der Waals surface area contributed by atoms with E-state index in [1.807, 2.05) is 30.3 Å². The van der Waals surface area contributed by atoms with E-state index in [1.54, 1.807) is 0 Å². The normalized spacial score (nSPS) is 28.0. The third-order valence-corrected chi connectivity index (χ3v) is 10.3. The fourth-order valence-corrected chi connectivity index (χ4v) is 3.90. The third kappa shape index (κ3) is 6.02. The highest BCUT2D eigenvalue weighted by atomic mass is 28.4. The van der Waals surface area contributed by atoms with Crippen LogP contribution >= 0.6 is 0 Å². The summed E-state index contributed by atoms with van der Waals surface area (Å²) in [5, 5.41) is 14.8. The number of azide groups is 1. The fourth-order valence-electron chi connectivity index (χ4n) is 2.89. The predicted molar refractivity (Wildman–Crippen MR) is 113 cm³/mol. The zero-order chi connectivity index (χ0) is 21.7. The zero-order valence-corrected chi connectivity index (χ0v) is 19.1. The van der Waals surface area contributed by atoms with E-state index in [0.717, 1.165) is 5.56 Å². The van der Waals surface area contributed by atoms with E-state index in [1.165, 1.54) is 7.11 Å². The maximum atomic E-state index is 11.0. The van der Waals surface area contributed by atoms with E-state index >= 15 is 0 Å². The highest BCUT2D eigenvalue weighted by molar-refractivity contribution is 6.74. The van der Waals surface area contributed by atoms with Crippen molar-refractivity contribution in [3.63, 3.8) is 0 Å². The third-order valence-electron chi connectivity index (χ3n) is 5.76. The number of aliphatic hydroxyl groups is 1. The largest absolute Gasteiger partial charge is 0.414 e. The Labute approximate surface area is 173 Å². The van der Waals surface area contributed by atoms with E-state index in [2.05, 4.69) is 43.9 Å². The van der Waals surface area contributed by atoms with Crippen LogP contribution in [-0.4, -0.2) is 57.8 Å². The molecule has 1 aromatic rings. The standard InChI is InChI=1S/C20H33N3O5Si/c1-20(2,3)29(5,6)27-13-15-17(24)18(16(22-23-21)19(25-4)28-15)26-12-14-10-8-7-9-11-14/h7-11,15-19,24H,12-13H2,1-6H3/t15-,16-,17-,18-,19-/m1/s1.